The largest absolute Gasteiger partial charge is 1.00 e. The van der Waals surface area contributed by atoms with Crippen molar-refractivity contribution in [1.82, 2.24) is 4.90 Å². The number of carbonyl (C=O) groups is 1. The van der Waals surface area contributed by atoms with Gasteiger partial charge in [-0.25, -0.2) is 8.42 Å². The molecule has 1 aliphatic heterocycles. The van der Waals surface area contributed by atoms with Crippen molar-refractivity contribution in [2.24, 2.45) is 0 Å². The van der Waals surface area contributed by atoms with Crippen LogP contribution >= 0.6 is 11.6 Å². The van der Waals surface area contributed by atoms with E-state index in [1.165, 1.54) is 4.90 Å². The third-order valence-electron chi connectivity index (χ3n) is 2.02. The van der Waals surface area contributed by atoms with Crippen LogP contribution < -0.4 is 29.6 Å². The van der Waals surface area contributed by atoms with Crippen molar-refractivity contribution in [3.8, 4) is 0 Å². The zero-order valence-corrected chi connectivity index (χ0v) is 12.5. The maximum atomic E-state index is 11.2. The molecule has 0 radical (unpaired) electrons. The second kappa shape index (κ2) is 7.15. The van der Waals surface area contributed by atoms with Crippen molar-refractivity contribution in [2.75, 3.05) is 19.0 Å². The van der Waals surface area contributed by atoms with Gasteiger partial charge < -0.3 is 9.45 Å². The van der Waals surface area contributed by atoms with Crippen molar-refractivity contribution in [3.05, 3.63) is 0 Å². The van der Waals surface area contributed by atoms with E-state index in [-0.39, 0.29) is 47.9 Å². The number of hydrogen-bond acceptors (Lipinski definition) is 5. The normalized spacial score (nSPS) is 18.4. The molecule has 0 N–H and O–H groups in total. The summed E-state index contributed by atoms with van der Waals surface area (Å²) in [7, 11) is -4.77. The fraction of sp³-hybridized carbons (Fsp3) is 0.857. The van der Waals surface area contributed by atoms with Gasteiger partial charge in [0.05, 0.1) is 5.88 Å². The van der Waals surface area contributed by atoms with Crippen LogP contribution in [0.4, 0.5) is 0 Å². The van der Waals surface area contributed by atoms with E-state index in [9.17, 15) is 17.8 Å². The van der Waals surface area contributed by atoms with Gasteiger partial charge in [-0.3, -0.25) is 8.98 Å². The molecule has 1 rings (SSSR count). The molecule has 1 atom stereocenters. The minimum Gasteiger partial charge on any atom is -0.726 e. The van der Waals surface area contributed by atoms with Crippen LogP contribution in [0.25, 0.3) is 0 Å². The molecule has 0 bridgehead atoms. The van der Waals surface area contributed by atoms with E-state index >= 15 is 0 Å². The molecule has 88 valence electrons. The molecule has 1 aliphatic rings. The number of likely N-dealkylation sites (tertiary alicyclic amines) is 1. The molecule has 1 saturated heterocycles. The maximum absolute atomic E-state index is 11.2. The molecule has 0 spiro atoms. The molecule has 0 unspecified atom stereocenters. The Morgan fingerprint density at radius 1 is 1.56 bits per heavy atom. The predicted octanol–water partition coefficient (Wildman–Crippen LogP) is -3.30. The number of carbonyl (C=O) groups excluding carboxylic acids is 1. The molecule has 0 aliphatic carbocycles. The zero-order chi connectivity index (χ0) is 11.5. The fourth-order valence-electron chi connectivity index (χ4n) is 1.41. The summed E-state index contributed by atoms with van der Waals surface area (Å²) in [5.74, 6) is -0.220. The van der Waals surface area contributed by atoms with Crippen LogP contribution in [-0.4, -0.2) is 48.9 Å². The second-order valence-corrected chi connectivity index (χ2v) is 4.54. The van der Waals surface area contributed by atoms with Crippen molar-refractivity contribution >= 4 is 27.9 Å². The van der Waals surface area contributed by atoms with Gasteiger partial charge in [0.1, 0.15) is 6.10 Å². The second-order valence-electron chi connectivity index (χ2n) is 3.22. The van der Waals surface area contributed by atoms with Crippen LogP contribution in [0.3, 0.4) is 0 Å². The van der Waals surface area contributed by atoms with E-state index in [0.717, 1.165) is 6.42 Å². The Bertz CT molecular complexity index is 336. The molecular weight excluding hydrogens is 269 g/mol. The first-order valence-electron chi connectivity index (χ1n) is 4.40. The zero-order valence-electron chi connectivity index (χ0n) is 8.89. The third kappa shape index (κ3) is 5.81. The van der Waals surface area contributed by atoms with Crippen LogP contribution in [-0.2, 0) is 19.4 Å². The molecule has 0 saturated carbocycles. The Labute approximate surface area is 122 Å². The summed E-state index contributed by atoms with van der Waals surface area (Å²) in [5, 5.41) is 0. The summed E-state index contributed by atoms with van der Waals surface area (Å²) >= 11 is 5.43. The summed E-state index contributed by atoms with van der Waals surface area (Å²) in [6.45, 7) is 0.596. The molecule has 0 aromatic rings. The molecule has 1 fully saturated rings. The standard InChI is InChI=1S/C7H12ClNO5S.Na/c8-4-6(14-15(11,12)13)5-9-3-1-2-7(9)10;/h6H,1-5H2,(H,11,12,13);/q;+1/p-1/t6-;/m0./s1. The molecule has 6 nitrogen and oxygen atoms in total. The third-order valence-corrected chi connectivity index (χ3v) is 2.87. The fourth-order valence-corrected chi connectivity index (χ4v) is 2.11. The van der Waals surface area contributed by atoms with Crippen LogP contribution in [0.5, 0.6) is 0 Å². The first-order valence-corrected chi connectivity index (χ1v) is 6.27. The summed E-state index contributed by atoms with van der Waals surface area (Å²) < 4.78 is 35.1. The quantitative estimate of drug-likeness (QED) is 0.228. The average Bonchev–Trinajstić information content (AvgIpc) is 2.48. The number of amides is 1. The topological polar surface area (TPSA) is 86.7 Å². The SMILES string of the molecule is O=C1CCCN1C[C@H](CCl)OS(=O)(=O)[O-].[Na+]. The molecule has 9 heteroatoms. The van der Waals surface area contributed by atoms with E-state index in [2.05, 4.69) is 4.18 Å². The van der Waals surface area contributed by atoms with E-state index < -0.39 is 16.5 Å². The van der Waals surface area contributed by atoms with Gasteiger partial charge in [0.2, 0.25) is 16.3 Å². The molecular formula is C7H11ClNNaO5S. The Hall–Kier alpha value is 0.630. The van der Waals surface area contributed by atoms with Gasteiger partial charge in [-0.15, -0.1) is 11.6 Å². The van der Waals surface area contributed by atoms with Crippen molar-refractivity contribution in [3.63, 3.8) is 0 Å². The number of nitrogens with zero attached hydrogens (tertiary/aromatic N) is 1. The number of rotatable bonds is 5. The number of alkyl halides is 1. The van der Waals surface area contributed by atoms with E-state index in [1.54, 1.807) is 0 Å². The van der Waals surface area contributed by atoms with Gasteiger partial charge in [-0.1, -0.05) is 0 Å². The average molecular weight is 280 g/mol. The summed E-state index contributed by atoms with van der Waals surface area (Å²) in [4.78, 5) is 12.6. The van der Waals surface area contributed by atoms with E-state index in [0.29, 0.717) is 13.0 Å². The Morgan fingerprint density at radius 3 is 2.56 bits per heavy atom. The summed E-state index contributed by atoms with van der Waals surface area (Å²) in [5.41, 5.74) is 0. The Balaban J connectivity index is 0.00000225. The Morgan fingerprint density at radius 2 is 2.19 bits per heavy atom. The van der Waals surface area contributed by atoms with Gasteiger partial charge in [0.25, 0.3) is 0 Å². The molecule has 0 aromatic carbocycles. The van der Waals surface area contributed by atoms with Crippen molar-refractivity contribution < 1.29 is 51.5 Å². The number of hydrogen-bond donors (Lipinski definition) is 0. The minimum absolute atomic E-state index is 0. The molecule has 16 heavy (non-hydrogen) atoms. The van der Waals surface area contributed by atoms with E-state index in [4.69, 9.17) is 11.6 Å². The van der Waals surface area contributed by atoms with Crippen LogP contribution in [0, 0.1) is 0 Å². The van der Waals surface area contributed by atoms with Gasteiger partial charge in [-0.05, 0) is 6.42 Å². The number of halogens is 1. The molecule has 1 amide bonds. The predicted molar refractivity (Wildman–Crippen MR) is 51.1 cm³/mol. The van der Waals surface area contributed by atoms with Gasteiger partial charge >= 0.3 is 29.6 Å². The smallest absolute Gasteiger partial charge is 0.726 e. The van der Waals surface area contributed by atoms with Gasteiger partial charge in [0, 0.05) is 19.5 Å². The van der Waals surface area contributed by atoms with E-state index in [1.807, 2.05) is 0 Å². The van der Waals surface area contributed by atoms with Gasteiger partial charge in [0.15, 0.2) is 0 Å². The van der Waals surface area contributed by atoms with Crippen molar-refractivity contribution in [1.29, 1.82) is 0 Å². The van der Waals surface area contributed by atoms with Crippen LogP contribution in [0.15, 0.2) is 0 Å². The first kappa shape index (κ1) is 16.6. The van der Waals surface area contributed by atoms with Crippen LogP contribution in [0.1, 0.15) is 12.8 Å². The first-order chi connectivity index (χ1) is 6.92. The molecule has 0 aromatic heterocycles. The maximum Gasteiger partial charge on any atom is 1.00 e. The van der Waals surface area contributed by atoms with Gasteiger partial charge in [-0.2, -0.15) is 0 Å². The summed E-state index contributed by atoms with van der Waals surface area (Å²) in [6, 6.07) is 0. The Kier molecular flexibility index (Phi) is 7.43. The van der Waals surface area contributed by atoms with Crippen LogP contribution in [0.2, 0.25) is 0 Å². The van der Waals surface area contributed by atoms with Crippen molar-refractivity contribution in [2.45, 2.75) is 18.9 Å². The molecule has 1 heterocycles. The minimum atomic E-state index is -4.77. The monoisotopic (exact) mass is 279 g/mol. The summed E-state index contributed by atoms with van der Waals surface area (Å²) in [6.07, 6.45) is 0.216.